The van der Waals surface area contributed by atoms with Gasteiger partial charge in [0.25, 0.3) is 0 Å². The van der Waals surface area contributed by atoms with Crippen LogP contribution >= 0.6 is 11.8 Å². The fourth-order valence-electron chi connectivity index (χ4n) is 2.49. The number of aromatic nitrogens is 1. The summed E-state index contributed by atoms with van der Waals surface area (Å²) in [5.41, 5.74) is 8.11. The predicted molar refractivity (Wildman–Crippen MR) is 83.4 cm³/mol. The molecule has 1 aliphatic heterocycles. The Morgan fingerprint density at radius 2 is 2.47 bits per heavy atom. The summed E-state index contributed by atoms with van der Waals surface area (Å²) in [5, 5.41) is 3.65. The van der Waals surface area contributed by atoms with Gasteiger partial charge in [-0.1, -0.05) is 6.92 Å². The number of nitrogens with two attached hydrogens (primary N) is 1. The number of nitrogens with zero attached hydrogens (tertiary/aromatic N) is 2. The van der Waals surface area contributed by atoms with Gasteiger partial charge in [-0.25, -0.2) is 0 Å². The second-order valence-corrected chi connectivity index (χ2v) is 6.21. The molecule has 1 aliphatic rings. The van der Waals surface area contributed by atoms with E-state index >= 15 is 0 Å². The Hall–Kier alpha value is -0.780. The minimum atomic E-state index is 0.270. The normalized spacial score (nSPS) is 22.3. The lowest BCUT2D eigenvalue weighted by Gasteiger charge is -2.38. The summed E-state index contributed by atoms with van der Waals surface area (Å²) in [5.74, 6) is 2.36. The minimum absolute atomic E-state index is 0.270. The van der Waals surface area contributed by atoms with E-state index in [-0.39, 0.29) is 6.04 Å². The smallest absolute Gasteiger partial charge is 0.0522 e. The molecule has 2 atom stereocenters. The van der Waals surface area contributed by atoms with Crippen LogP contribution in [0.1, 0.15) is 24.9 Å². The number of nitrogens with one attached hydrogen (secondary N) is 1. The first-order valence-corrected chi connectivity index (χ1v) is 8.10. The van der Waals surface area contributed by atoms with Crippen LogP contribution in [0.15, 0.2) is 18.5 Å². The summed E-state index contributed by atoms with van der Waals surface area (Å²) < 4.78 is 0. The van der Waals surface area contributed by atoms with Crippen molar-refractivity contribution in [3.05, 3.63) is 24.0 Å². The molecule has 2 rings (SSSR count). The highest BCUT2D eigenvalue weighted by molar-refractivity contribution is 7.99. The molecule has 1 aromatic heterocycles. The summed E-state index contributed by atoms with van der Waals surface area (Å²) >= 11 is 2.03. The zero-order valence-electron chi connectivity index (χ0n) is 11.8. The van der Waals surface area contributed by atoms with Crippen LogP contribution in [0.4, 0.5) is 5.69 Å². The Balaban J connectivity index is 2.22. The number of likely N-dealkylation sites (N-methyl/N-ethyl adjacent to an activating group) is 1. The van der Waals surface area contributed by atoms with E-state index < -0.39 is 0 Å². The Kier molecular flexibility index (Phi) is 5.48. The zero-order chi connectivity index (χ0) is 13.7. The first kappa shape index (κ1) is 14.6. The number of pyridine rings is 1. The third-order valence-corrected chi connectivity index (χ3v) is 4.71. The van der Waals surface area contributed by atoms with E-state index in [4.69, 9.17) is 5.73 Å². The van der Waals surface area contributed by atoms with Gasteiger partial charge in [0.2, 0.25) is 0 Å². The summed E-state index contributed by atoms with van der Waals surface area (Å²) in [6.45, 7) is 4.34. The van der Waals surface area contributed by atoms with Gasteiger partial charge < -0.3 is 11.1 Å². The number of anilines is 1. The Morgan fingerprint density at radius 3 is 3.16 bits per heavy atom. The molecule has 3 N–H and O–H groups in total. The second kappa shape index (κ2) is 7.12. The lowest BCUT2D eigenvalue weighted by molar-refractivity contribution is 0.216. The number of hydrogen-bond donors (Lipinski definition) is 2. The van der Waals surface area contributed by atoms with E-state index in [2.05, 4.69) is 29.2 Å². The maximum Gasteiger partial charge on any atom is 0.0522 e. The van der Waals surface area contributed by atoms with Crippen molar-refractivity contribution in [2.24, 2.45) is 0 Å². The van der Waals surface area contributed by atoms with E-state index in [0.717, 1.165) is 36.5 Å². The Morgan fingerprint density at radius 1 is 1.63 bits per heavy atom. The maximum atomic E-state index is 6.14. The van der Waals surface area contributed by atoms with Crippen molar-refractivity contribution in [3.63, 3.8) is 0 Å². The highest BCUT2D eigenvalue weighted by Gasteiger charge is 2.29. The fraction of sp³-hybridized carbons (Fsp3) is 0.643. The molecule has 1 fully saturated rings. The number of rotatable bonds is 5. The van der Waals surface area contributed by atoms with Gasteiger partial charge in [0.1, 0.15) is 0 Å². The highest BCUT2D eigenvalue weighted by Crippen LogP contribution is 2.29. The molecule has 2 heterocycles. The molecule has 5 heteroatoms. The van der Waals surface area contributed by atoms with Crippen molar-refractivity contribution in [1.82, 2.24) is 15.2 Å². The zero-order valence-corrected chi connectivity index (χ0v) is 12.6. The molecule has 1 aromatic rings. The lowest BCUT2D eigenvalue weighted by atomic mass is 9.99. The van der Waals surface area contributed by atoms with Crippen molar-refractivity contribution < 1.29 is 0 Å². The third kappa shape index (κ3) is 3.61. The van der Waals surface area contributed by atoms with Crippen molar-refractivity contribution in [2.75, 3.05) is 37.4 Å². The molecule has 0 aromatic carbocycles. The van der Waals surface area contributed by atoms with Crippen LogP contribution in [-0.2, 0) is 0 Å². The topological polar surface area (TPSA) is 54.2 Å². The molecule has 4 nitrogen and oxygen atoms in total. The largest absolute Gasteiger partial charge is 0.398 e. The van der Waals surface area contributed by atoms with Gasteiger partial charge in [0.15, 0.2) is 0 Å². The molecule has 0 amide bonds. The molecule has 0 spiro atoms. The van der Waals surface area contributed by atoms with Crippen molar-refractivity contribution >= 4 is 17.4 Å². The summed E-state index contributed by atoms with van der Waals surface area (Å²) in [4.78, 5) is 6.69. The first-order chi connectivity index (χ1) is 9.24. The Labute approximate surface area is 120 Å². The second-order valence-electron chi connectivity index (χ2n) is 5.06. The van der Waals surface area contributed by atoms with Crippen LogP contribution in [0, 0.1) is 0 Å². The average molecular weight is 280 g/mol. The highest BCUT2D eigenvalue weighted by atomic mass is 32.2. The third-order valence-electron chi connectivity index (χ3n) is 3.66. The molecule has 1 saturated heterocycles. The molecule has 0 aliphatic carbocycles. The lowest BCUT2D eigenvalue weighted by Crippen LogP contribution is -2.48. The van der Waals surface area contributed by atoms with E-state index in [1.54, 1.807) is 6.20 Å². The van der Waals surface area contributed by atoms with Gasteiger partial charge in [-0.05, 0) is 26.1 Å². The SMILES string of the molecule is CCCNC(c1cnccc1N)C1CSCCN1C. The molecule has 19 heavy (non-hydrogen) atoms. The molecule has 2 unspecified atom stereocenters. The average Bonchev–Trinajstić information content (AvgIpc) is 2.42. The van der Waals surface area contributed by atoms with Gasteiger partial charge >= 0.3 is 0 Å². The van der Waals surface area contributed by atoms with E-state index in [1.807, 2.05) is 24.0 Å². The van der Waals surface area contributed by atoms with Crippen LogP contribution in [0.3, 0.4) is 0 Å². The van der Waals surface area contributed by atoms with Gasteiger partial charge in [0.05, 0.1) is 6.04 Å². The fourth-order valence-corrected chi connectivity index (χ4v) is 3.76. The van der Waals surface area contributed by atoms with Crippen LogP contribution in [0.25, 0.3) is 0 Å². The number of thioether (sulfide) groups is 1. The molecular weight excluding hydrogens is 256 g/mol. The van der Waals surface area contributed by atoms with Gasteiger partial charge in [-0.3, -0.25) is 9.88 Å². The van der Waals surface area contributed by atoms with Crippen LogP contribution < -0.4 is 11.1 Å². The van der Waals surface area contributed by atoms with Crippen molar-refractivity contribution in [1.29, 1.82) is 0 Å². The first-order valence-electron chi connectivity index (χ1n) is 6.94. The predicted octanol–water partition coefficient (Wildman–Crippen LogP) is 1.75. The van der Waals surface area contributed by atoms with Gasteiger partial charge in [-0.15, -0.1) is 0 Å². The minimum Gasteiger partial charge on any atom is -0.398 e. The molecule has 106 valence electrons. The van der Waals surface area contributed by atoms with Crippen LogP contribution in [0.5, 0.6) is 0 Å². The summed E-state index contributed by atoms with van der Waals surface area (Å²) in [7, 11) is 2.21. The van der Waals surface area contributed by atoms with E-state index in [0.29, 0.717) is 6.04 Å². The molecule has 0 saturated carbocycles. The van der Waals surface area contributed by atoms with E-state index in [9.17, 15) is 0 Å². The standard InChI is InChI=1S/C14H24N4S/c1-3-5-17-14(11-9-16-6-4-12(11)15)13-10-19-8-7-18(13)2/h4,6,9,13-14,17H,3,5,7-8,10H2,1-2H3,(H2,15,16). The Bertz CT molecular complexity index is 399. The van der Waals surface area contributed by atoms with Gasteiger partial charge in [-0.2, -0.15) is 11.8 Å². The molecule has 0 bridgehead atoms. The maximum absolute atomic E-state index is 6.14. The number of nitrogen functional groups attached to an aromatic ring is 1. The summed E-state index contributed by atoms with van der Waals surface area (Å²) in [6, 6.07) is 2.65. The van der Waals surface area contributed by atoms with Crippen molar-refractivity contribution in [2.45, 2.75) is 25.4 Å². The quantitative estimate of drug-likeness (QED) is 0.860. The van der Waals surface area contributed by atoms with Crippen LogP contribution in [-0.4, -0.2) is 47.6 Å². The van der Waals surface area contributed by atoms with E-state index in [1.165, 1.54) is 5.75 Å². The van der Waals surface area contributed by atoms with Gasteiger partial charge in [0, 0.05) is 47.7 Å². The monoisotopic (exact) mass is 280 g/mol. The summed E-state index contributed by atoms with van der Waals surface area (Å²) in [6.07, 6.45) is 4.80. The van der Waals surface area contributed by atoms with Crippen molar-refractivity contribution in [3.8, 4) is 0 Å². The molecule has 0 radical (unpaired) electrons. The number of hydrogen-bond acceptors (Lipinski definition) is 5. The molecular formula is C14H24N4S. The van der Waals surface area contributed by atoms with Crippen LogP contribution in [0.2, 0.25) is 0 Å².